The molecule has 4 rings (SSSR count). The number of pyridine rings is 1. The molecule has 3 aromatic heterocycles. The number of nitrogens with zero attached hydrogens (tertiary/aromatic N) is 3. The van der Waals surface area contributed by atoms with Gasteiger partial charge in [0.2, 0.25) is 0 Å². The number of aromatic amines is 1. The Morgan fingerprint density at radius 3 is 3.13 bits per heavy atom. The van der Waals surface area contributed by atoms with Crippen LogP contribution in [0.25, 0.3) is 11.0 Å². The summed E-state index contributed by atoms with van der Waals surface area (Å²) in [6.07, 6.45) is 3.87. The predicted molar refractivity (Wildman–Crippen MR) is 90.8 cm³/mol. The number of carbonyl (C=O) groups is 1. The molecule has 5 nitrogen and oxygen atoms in total. The lowest BCUT2D eigenvalue weighted by Crippen LogP contribution is -2.39. The predicted octanol–water partition coefficient (Wildman–Crippen LogP) is 3.35. The molecule has 0 aliphatic carbocycles. The molecule has 1 fully saturated rings. The Morgan fingerprint density at radius 2 is 2.30 bits per heavy atom. The van der Waals surface area contributed by atoms with Gasteiger partial charge in [-0.05, 0) is 48.9 Å². The van der Waals surface area contributed by atoms with Crippen LogP contribution in [0, 0.1) is 6.92 Å². The summed E-state index contributed by atoms with van der Waals surface area (Å²) in [5, 5.41) is 9.95. The summed E-state index contributed by atoms with van der Waals surface area (Å²) in [6.45, 7) is 3.57. The molecule has 3 aromatic rings. The second-order valence-corrected chi connectivity index (χ2v) is 6.98. The lowest BCUT2D eigenvalue weighted by Gasteiger charge is -2.32. The summed E-state index contributed by atoms with van der Waals surface area (Å²) in [4.78, 5) is 20.3. The van der Waals surface area contributed by atoms with Crippen LogP contribution >= 0.6 is 11.3 Å². The highest BCUT2D eigenvalue weighted by Crippen LogP contribution is 2.28. The maximum atomic E-state index is 12.7. The number of aryl methyl sites for hydroxylation is 1. The smallest absolute Gasteiger partial charge is 0.264 e. The number of thiophene rings is 1. The largest absolute Gasteiger partial charge is 0.337 e. The van der Waals surface area contributed by atoms with E-state index >= 15 is 0 Å². The van der Waals surface area contributed by atoms with Gasteiger partial charge < -0.3 is 4.90 Å². The van der Waals surface area contributed by atoms with E-state index in [0.717, 1.165) is 53.1 Å². The molecule has 23 heavy (non-hydrogen) atoms. The van der Waals surface area contributed by atoms with E-state index in [1.165, 1.54) is 11.3 Å². The maximum Gasteiger partial charge on any atom is 0.264 e. The highest BCUT2D eigenvalue weighted by atomic mass is 32.1. The molecule has 0 aromatic carbocycles. The lowest BCUT2D eigenvalue weighted by molar-refractivity contribution is 0.0710. The van der Waals surface area contributed by atoms with Gasteiger partial charge >= 0.3 is 0 Å². The molecular formula is C17H18N4OS. The van der Waals surface area contributed by atoms with Gasteiger partial charge in [-0.1, -0.05) is 0 Å². The molecule has 0 spiro atoms. The molecule has 1 N–H and O–H groups in total. The third-order valence-electron chi connectivity index (χ3n) is 4.51. The summed E-state index contributed by atoms with van der Waals surface area (Å²) >= 11 is 1.53. The number of likely N-dealkylation sites (tertiary alicyclic amines) is 1. The first-order valence-electron chi connectivity index (χ1n) is 7.86. The summed E-state index contributed by atoms with van der Waals surface area (Å²) in [5.74, 6) is 0.450. The number of hydrogen-bond donors (Lipinski definition) is 1. The molecule has 1 amide bonds. The van der Waals surface area contributed by atoms with Crippen LogP contribution in [-0.4, -0.2) is 39.1 Å². The third-order valence-corrected chi connectivity index (χ3v) is 5.51. The first-order chi connectivity index (χ1) is 11.2. The molecular weight excluding hydrogens is 308 g/mol. The van der Waals surface area contributed by atoms with Crippen molar-refractivity contribution in [3.63, 3.8) is 0 Å². The molecule has 0 bridgehead atoms. The van der Waals surface area contributed by atoms with Crippen LogP contribution in [0.15, 0.2) is 29.8 Å². The standard InChI is InChI=1S/C17H18N4OS/c1-11-6-8-23-15(11)17(22)21-7-2-3-13(10-21)14-5-4-12-9-18-20-16(12)19-14/h4-6,8-9,13H,2-3,7,10H2,1H3,(H,18,19,20)/t13-/m1/s1. The summed E-state index contributed by atoms with van der Waals surface area (Å²) in [7, 11) is 0. The van der Waals surface area contributed by atoms with E-state index in [0.29, 0.717) is 5.92 Å². The average Bonchev–Trinajstić information content (AvgIpc) is 3.22. The number of nitrogens with one attached hydrogen (secondary N) is 1. The average molecular weight is 326 g/mol. The van der Waals surface area contributed by atoms with Gasteiger partial charge in [-0.3, -0.25) is 9.89 Å². The van der Waals surface area contributed by atoms with Crippen molar-refractivity contribution < 1.29 is 4.79 Å². The van der Waals surface area contributed by atoms with E-state index in [-0.39, 0.29) is 5.91 Å². The third kappa shape index (κ3) is 2.63. The van der Waals surface area contributed by atoms with Gasteiger partial charge in [0.25, 0.3) is 5.91 Å². The van der Waals surface area contributed by atoms with Crippen LogP contribution in [-0.2, 0) is 0 Å². The topological polar surface area (TPSA) is 61.9 Å². The van der Waals surface area contributed by atoms with Crippen molar-refractivity contribution in [2.45, 2.75) is 25.7 Å². The minimum atomic E-state index is 0.157. The van der Waals surface area contributed by atoms with Gasteiger partial charge in [0.1, 0.15) is 0 Å². The van der Waals surface area contributed by atoms with Gasteiger partial charge in [-0.15, -0.1) is 11.3 Å². The first-order valence-corrected chi connectivity index (χ1v) is 8.74. The quantitative estimate of drug-likeness (QED) is 0.785. The molecule has 0 radical (unpaired) electrons. The molecule has 0 unspecified atom stereocenters. The minimum Gasteiger partial charge on any atom is -0.337 e. The maximum absolute atomic E-state index is 12.7. The Bertz CT molecular complexity index is 853. The molecule has 1 atom stereocenters. The van der Waals surface area contributed by atoms with Crippen LogP contribution in [0.2, 0.25) is 0 Å². The number of H-pyrrole nitrogens is 1. The number of hydrogen-bond acceptors (Lipinski definition) is 4. The van der Waals surface area contributed by atoms with Gasteiger partial charge in [-0.25, -0.2) is 4.98 Å². The Balaban J connectivity index is 1.56. The summed E-state index contributed by atoms with van der Waals surface area (Å²) < 4.78 is 0. The molecule has 6 heteroatoms. The zero-order chi connectivity index (χ0) is 15.8. The van der Waals surface area contributed by atoms with Crippen molar-refractivity contribution in [3.05, 3.63) is 45.9 Å². The number of rotatable bonds is 2. The van der Waals surface area contributed by atoms with Crippen LogP contribution in [0.4, 0.5) is 0 Å². The van der Waals surface area contributed by atoms with Crippen molar-refractivity contribution in [2.75, 3.05) is 13.1 Å². The van der Waals surface area contributed by atoms with Crippen molar-refractivity contribution in [1.82, 2.24) is 20.1 Å². The van der Waals surface area contributed by atoms with Crippen molar-refractivity contribution in [1.29, 1.82) is 0 Å². The number of aromatic nitrogens is 3. The molecule has 1 aliphatic heterocycles. The van der Waals surface area contributed by atoms with Crippen molar-refractivity contribution in [3.8, 4) is 0 Å². The fourth-order valence-electron chi connectivity index (χ4n) is 3.21. The van der Waals surface area contributed by atoms with Gasteiger partial charge in [0, 0.05) is 30.1 Å². The summed E-state index contributed by atoms with van der Waals surface area (Å²) in [6, 6.07) is 6.12. The molecule has 0 saturated carbocycles. The van der Waals surface area contributed by atoms with E-state index in [9.17, 15) is 4.79 Å². The molecule has 1 aliphatic rings. The number of fused-ring (bicyclic) bond motifs is 1. The number of amides is 1. The molecule has 118 valence electrons. The van der Waals surface area contributed by atoms with E-state index in [1.54, 1.807) is 6.20 Å². The Hall–Kier alpha value is -2.21. The number of carbonyl (C=O) groups excluding carboxylic acids is 1. The van der Waals surface area contributed by atoms with Crippen molar-refractivity contribution in [2.24, 2.45) is 0 Å². The zero-order valence-corrected chi connectivity index (χ0v) is 13.8. The monoisotopic (exact) mass is 326 g/mol. The SMILES string of the molecule is Cc1ccsc1C(=O)N1CCC[C@@H](c2ccc3cn[nH]c3n2)C1. The Morgan fingerprint density at radius 1 is 1.39 bits per heavy atom. The van der Waals surface area contributed by atoms with Gasteiger partial charge in [0.15, 0.2) is 5.65 Å². The van der Waals surface area contributed by atoms with E-state index in [1.807, 2.05) is 29.3 Å². The zero-order valence-electron chi connectivity index (χ0n) is 13.0. The first kappa shape index (κ1) is 14.4. The lowest BCUT2D eigenvalue weighted by atomic mass is 9.94. The highest BCUT2D eigenvalue weighted by molar-refractivity contribution is 7.12. The van der Waals surface area contributed by atoms with Crippen LogP contribution < -0.4 is 0 Å². The van der Waals surface area contributed by atoms with Crippen LogP contribution in [0.5, 0.6) is 0 Å². The fraction of sp³-hybridized carbons (Fsp3) is 0.353. The fourth-order valence-corrected chi connectivity index (χ4v) is 4.10. The highest BCUT2D eigenvalue weighted by Gasteiger charge is 2.27. The van der Waals surface area contributed by atoms with Gasteiger partial charge in [0.05, 0.1) is 11.1 Å². The van der Waals surface area contributed by atoms with E-state index in [2.05, 4.69) is 21.2 Å². The van der Waals surface area contributed by atoms with Crippen molar-refractivity contribution >= 4 is 28.3 Å². The molecule has 4 heterocycles. The normalized spacial score (nSPS) is 18.5. The van der Waals surface area contributed by atoms with E-state index in [4.69, 9.17) is 0 Å². The minimum absolute atomic E-state index is 0.157. The van der Waals surface area contributed by atoms with Crippen LogP contribution in [0.3, 0.4) is 0 Å². The number of piperidine rings is 1. The Labute approximate surface area is 138 Å². The second-order valence-electron chi connectivity index (χ2n) is 6.07. The van der Waals surface area contributed by atoms with Crippen LogP contribution in [0.1, 0.15) is 39.7 Å². The Kier molecular flexibility index (Phi) is 3.61. The molecule has 1 saturated heterocycles. The van der Waals surface area contributed by atoms with E-state index < -0.39 is 0 Å². The second kappa shape index (κ2) is 5.77. The van der Waals surface area contributed by atoms with Gasteiger partial charge in [-0.2, -0.15) is 5.10 Å². The summed E-state index contributed by atoms with van der Waals surface area (Å²) in [5.41, 5.74) is 2.93.